The molecule has 0 saturated carbocycles. The highest BCUT2D eigenvalue weighted by Crippen LogP contribution is 2.38. The van der Waals surface area contributed by atoms with Crippen molar-refractivity contribution in [2.75, 3.05) is 6.61 Å². The van der Waals surface area contributed by atoms with Crippen molar-refractivity contribution in [3.05, 3.63) is 84.5 Å². The third-order valence-corrected chi connectivity index (χ3v) is 4.83. The molecule has 156 valence electrons. The van der Waals surface area contributed by atoms with Gasteiger partial charge in [0, 0.05) is 5.39 Å². The Balaban J connectivity index is 1.91. The van der Waals surface area contributed by atoms with Crippen LogP contribution in [0, 0.1) is 0 Å². The predicted octanol–water partition coefficient (Wildman–Crippen LogP) is 7.57. The van der Waals surface area contributed by atoms with E-state index in [9.17, 15) is 8.78 Å². The molecule has 0 bridgehead atoms. The molecule has 0 spiro atoms. The molecule has 0 aliphatic carbocycles. The average Bonchev–Trinajstić information content (AvgIpc) is 2.75. The quantitative estimate of drug-likeness (QED) is 0.340. The van der Waals surface area contributed by atoms with E-state index < -0.39 is 6.61 Å². The molecule has 3 rings (SSSR count). The fourth-order valence-corrected chi connectivity index (χ4v) is 3.30. The van der Waals surface area contributed by atoms with Crippen molar-refractivity contribution in [3.63, 3.8) is 0 Å². The molecule has 0 N–H and O–H groups in total. The van der Waals surface area contributed by atoms with Crippen LogP contribution in [0.2, 0.25) is 0 Å². The van der Waals surface area contributed by atoms with Gasteiger partial charge in [-0.05, 0) is 67.0 Å². The second-order valence-electron chi connectivity index (χ2n) is 6.89. The lowest BCUT2D eigenvalue weighted by Gasteiger charge is -2.15. The summed E-state index contributed by atoms with van der Waals surface area (Å²) in [6.07, 6.45) is 9.90. The van der Waals surface area contributed by atoms with E-state index in [2.05, 4.69) is 36.4 Å². The van der Waals surface area contributed by atoms with Gasteiger partial charge in [-0.25, -0.2) is 0 Å². The summed E-state index contributed by atoms with van der Waals surface area (Å²) >= 11 is 0. The van der Waals surface area contributed by atoms with Crippen molar-refractivity contribution in [1.82, 2.24) is 0 Å². The number of rotatable bonds is 9. The molecule has 0 radical (unpaired) electrons. The van der Waals surface area contributed by atoms with Crippen LogP contribution >= 0.6 is 0 Å². The molecule has 0 aliphatic heterocycles. The van der Waals surface area contributed by atoms with E-state index in [-0.39, 0.29) is 5.75 Å². The summed E-state index contributed by atoms with van der Waals surface area (Å²) in [6, 6.07) is 17.7. The molecule has 0 aliphatic rings. The van der Waals surface area contributed by atoms with Crippen LogP contribution in [-0.2, 0) is 6.42 Å². The molecular weight excluding hydrogens is 382 g/mol. The Hall–Kier alpha value is -3.14. The highest BCUT2D eigenvalue weighted by Gasteiger charge is 2.15. The molecule has 0 aromatic heterocycles. The second kappa shape index (κ2) is 10.6. The first-order valence-corrected chi connectivity index (χ1v) is 10.1. The van der Waals surface area contributed by atoms with Crippen LogP contribution in [0.1, 0.15) is 25.8 Å². The minimum atomic E-state index is -2.92. The number of ether oxygens (including phenoxy) is 2. The standard InChI is InChI=1S/C26H26F2O2/c1-3-5-7-8-19-9-11-20(12-10-19)21-13-15-23-22(18-21)14-16-24(29-17-6-4-2)25(23)30-26(27)28/h3-6,9-16,18,26H,7-8,17H2,1-2H3/b5-3+,6-4?. The van der Waals surface area contributed by atoms with E-state index in [0.29, 0.717) is 17.7 Å². The maximum absolute atomic E-state index is 13.0. The summed E-state index contributed by atoms with van der Waals surface area (Å²) in [5.41, 5.74) is 3.39. The Bertz CT molecular complexity index is 1020. The summed E-state index contributed by atoms with van der Waals surface area (Å²) in [6.45, 7) is 1.27. The summed E-state index contributed by atoms with van der Waals surface area (Å²) in [5.74, 6) is 0.372. The number of hydrogen-bond donors (Lipinski definition) is 0. The molecule has 0 heterocycles. The number of benzene rings is 3. The van der Waals surface area contributed by atoms with Crippen LogP contribution in [0.4, 0.5) is 8.78 Å². The van der Waals surface area contributed by atoms with E-state index in [4.69, 9.17) is 9.47 Å². The topological polar surface area (TPSA) is 18.5 Å². The maximum atomic E-state index is 13.0. The normalized spacial score (nSPS) is 11.8. The van der Waals surface area contributed by atoms with E-state index in [1.165, 1.54) is 5.56 Å². The first-order chi connectivity index (χ1) is 14.6. The fraction of sp³-hybridized carbons (Fsp3) is 0.231. The average molecular weight is 408 g/mol. The lowest BCUT2D eigenvalue weighted by molar-refractivity contribution is -0.0502. The first-order valence-electron chi connectivity index (χ1n) is 10.1. The number of halogens is 2. The number of alkyl halides is 2. The molecule has 0 saturated heterocycles. The zero-order valence-corrected chi connectivity index (χ0v) is 17.3. The Morgan fingerprint density at radius 1 is 0.867 bits per heavy atom. The molecular formula is C26H26F2O2. The minimum Gasteiger partial charge on any atom is -0.486 e. The van der Waals surface area contributed by atoms with Crippen molar-refractivity contribution in [2.45, 2.75) is 33.3 Å². The molecule has 0 unspecified atom stereocenters. The van der Waals surface area contributed by atoms with Gasteiger partial charge in [-0.2, -0.15) is 8.78 Å². The molecule has 3 aromatic rings. The smallest absolute Gasteiger partial charge is 0.387 e. The van der Waals surface area contributed by atoms with Crippen LogP contribution in [0.3, 0.4) is 0 Å². The molecule has 3 aromatic carbocycles. The fourth-order valence-electron chi connectivity index (χ4n) is 3.30. The van der Waals surface area contributed by atoms with Crippen molar-refractivity contribution in [3.8, 4) is 22.6 Å². The predicted molar refractivity (Wildman–Crippen MR) is 119 cm³/mol. The Labute approximate surface area is 176 Å². The van der Waals surface area contributed by atoms with Gasteiger partial charge in [-0.15, -0.1) is 0 Å². The zero-order chi connectivity index (χ0) is 21.3. The van der Waals surface area contributed by atoms with Crippen molar-refractivity contribution >= 4 is 10.8 Å². The van der Waals surface area contributed by atoms with Gasteiger partial charge in [0.1, 0.15) is 6.61 Å². The highest BCUT2D eigenvalue weighted by atomic mass is 19.3. The number of hydrogen-bond acceptors (Lipinski definition) is 2. The third-order valence-electron chi connectivity index (χ3n) is 4.83. The zero-order valence-electron chi connectivity index (χ0n) is 17.3. The van der Waals surface area contributed by atoms with Crippen molar-refractivity contribution in [2.24, 2.45) is 0 Å². The SMILES string of the molecule is CC=CCOc1ccc2cc(-c3ccc(CC/C=C/C)cc3)ccc2c1OC(F)F. The van der Waals surface area contributed by atoms with Gasteiger partial charge in [0.25, 0.3) is 0 Å². The maximum Gasteiger partial charge on any atom is 0.387 e. The molecule has 0 fully saturated rings. The first kappa shape index (κ1) is 21.6. The molecule has 30 heavy (non-hydrogen) atoms. The summed E-state index contributed by atoms with van der Waals surface area (Å²) in [7, 11) is 0. The van der Waals surface area contributed by atoms with Gasteiger partial charge < -0.3 is 9.47 Å². The minimum absolute atomic E-state index is 0.0675. The van der Waals surface area contributed by atoms with Gasteiger partial charge in [0.05, 0.1) is 0 Å². The van der Waals surface area contributed by atoms with Crippen LogP contribution in [0.25, 0.3) is 21.9 Å². The number of aryl methyl sites for hydroxylation is 1. The summed E-state index contributed by atoms with van der Waals surface area (Å²) in [5, 5.41) is 1.42. The molecule has 0 amide bonds. The lowest BCUT2D eigenvalue weighted by Crippen LogP contribution is -2.05. The van der Waals surface area contributed by atoms with Crippen LogP contribution < -0.4 is 9.47 Å². The van der Waals surface area contributed by atoms with Gasteiger partial charge in [-0.3, -0.25) is 0 Å². The van der Waals surface area contributed by atoms with Crippen LogP contribution in [-0.4, -0.2) is 13.2 Å². The van der Waals surface area contributed by atoms with Crippen LogP contribution in [0.15, 0.2) is 78.9 Å². The van der Waals surface area contributed by atoms with E-state index >= 15 is 0 Å². The monoisotopic (exact) mass is 408 g/mol. The Kier molecular flexibility index (Phi) is 7.61. The largest absolute Gasteiger partial charge is 0.486 e. The summed E-state index contributed by atoms with van der Waals surface area (Å²) < 4.78 is 36.4. The lowest BCUT2D eigenvalue weighted by atomic mass is 9.99. The van der Waals surface area contributed by atoms with E-state index in [0.717, 1.165) is 29.4 Å². The van der Waals surface area contributed by atoms with Crippen LogP contribution in [0.5, 0.6) is 11.5 Å². The molecule has 0 atom stereocenters. The molecule has 2 nitrogen and oxygen atoms in total. The Morgan fingerprint density at radius 3 is 2.30 bits per heavy atom. The Morgan fingerprint density at radius 2 is 1.60 bits per heavy atom. The second-order valence-corrected chi connectivity index (χ2v) is 6.89. The van der Waals surface area contributed by atoms with E-state index in [1.807, 2.05) is 50.3 Å². The third kappa shape index (κ3) is 5.47. The van der Waals surface area contributed by atoms with Gasteiger partial charge in [-0.1, -0.05) is 60.7 Å². The van der Waals surface area contributed by atoms with Crippen molar-refractivity contribution < 1.29 is 18.3 Å². The molecule has 4 heteroatoms. The summed E-state index contributed by atoms with van der Waals surface area (Å²) in [4.78, 5) is 0. The van der Waals surface area contributed by atoms with Gasteiger partial charge in [0.2, 0.25) is 0 Å². The van der Waals surface area contributed by atoms with Gasteiger partial charge in [0.15, 0.2) is 11.5 Å². The van der Waals surface area contributed by atoms with Gasteiger partial charge >= 0.3 is 6.61 Å². The number of allylic oxidation sites excluding steroid dienone is 3. The highest BCUT2D eigenvalue weighted by molar-refractivity contribution is 5.93. The van der Waals surface area contributed by atoms with Crippen molar-refractivity contribution in [1.29, 1.82) is 0 Å². The van der Waals surface area contributed by atoms with E-state index in [1.54, 1.807) is 6.07 Å². The number of fused-ring (bicyclic) bond motifs is 1.